The Bertz CT molecular complexity index is 1210. The van der Waals surface area contributed by atoms with E-state index in [1.807, 2.05) is 65.2 Å². The van der Waals surface area contributed by atoms with Crippen molar-refractivity contribution in [3.05, 3.63) is 77.8 Å². The van der Waals surface area contributed by atoms with Gasteiger partial charge in [-0.3, -0.25) is 0 Å². The highest BCUT2D eigenvalue weighted by Gasteiger charge is 2.15. The summed E-state index contributed by atoms with van der Waals surface area (Å²) in [7, 11) is 0. The molecule has 4 heteroatoms. The SMILES string of the molecule is Clc1ccc2nn3c(nc4ccccc43)c(-c3ccccc3)c2c1. The molecule has 3 aromatic carbocycles. The van der Waals surface area contributed by atoms with Crippen molar-refractivity contribution in [3.8, 4) is 11.1 Å². The van der Waals surface area contributed by atoms with Gasteiger partial charge in [0.25, 0.3) is 0 Å². The van der Waals surface area contributed by atoms with Gasteiger partial charge in [0.2, 0.25) is 0 Å². The second-order valence-electron chi connectivity index (χ2n) is 5.74. The molecular weight excluding hydrogens is 318 g/mol. The van der Waals surface area contributed by atoms with E-state index in [-0.39, 0.29) is 0 Å². The van der Waals surface area contributed by atoms with Crippen molar-refractivity contribution in [1.29, 1.82) is 0 Å². The lowest BCUT2D eigenvalue weighted by molar-refractivity contribution is 1.00. The topological polar surface area (TPSA) is 30.2 Å². The Morgan fingerprint density at radius 3 is 2.46 bits per heavy atom. The van der Waals surface area contributed by atoms with Gasteiger partial charge in [-0.05, 0) is 35.9 Å². The summed E-state index contributed by atoms with van der Waals surface area (Å²) in [4.78, 5) is 4.83. The van der Waals surface area contributed by atoms with Gasteiger partial charge in [0.1, 0.15) is 0 Å². The molecule has 0 fully saturated rings. The maximum Gasteiger partial charge on any atom is 0.163 e. The molecule has 0 saturated heterocycles. The van der Waals surface area contributed by atoms with Gasteiger partial charge in [-0.1, -0.05) is 54.1 Å². The first-order valence-corrected chi connectivity index (χ1v) is 8.11. The highest BCUT2D eigenvalue weighted by atomic mass is 35.5. The number of fused-ring (bicyclic) bond motifs is 4. The van der Waals surface area contributed by atoms with E-state index in [9.17, 15) is 0 Å². The second kappa shape index (κ2) is 5.05. The normalized spacial score (nSPS) is 11.5. The van der Waals surface area contributed by atoms with Crippen molar-refractivity contribution in [1.82, 2.24) is 14.6 Å². The Hall–Kier alpha value is -2.91. The summed E-state index contributed by atoms with van der Waals surface area (Å²) in [5.41, 5.74) is 5.84. The number of halogens is 1. The van der Waals surface area contributed by atoms with Crippen molar-refractivity contribution in [3.63, 3.8) is 0 Å². The van der Waals surface area contributed by atoms with E-state index in [0.717, 1.165) is 38.7 Å². The largest absolute Gasteiger partial charge is 0.226 e. The van der Waals surface area contributed by atoms with Crippen molar-refractivity contribution >= 4 is 39.2 Å². The molecule has 0 N–H and O–H groups in total. The van der Waals surface area contributed by atoms with E-state index in [1.54, 1.807) is 0 Å². The Labute approximate surface area is 143 Å². The number of para-hydroxylation sites is 2. The zero-order valence-electron chi connectivity index (χ0n) is 12.6. The van der Waals surface area contributed by atoms with Gasteiger partial charge < -0.3 is 0 Å². The minimum Gasteiger partial charge on any atom is -0.226 e. The molecule has 5 aromatic rings. The van der Waals surface area contributed by atoms with Crippen molar-refractivity contribution in [2.45, 2.75) is 0 Å². The van der Waals surface area contributed by atoms with Crippen molar-refractivity contribution in [2.75, 3.05) is 0 Å². The molecule has 0 saturated carbocycles. The number of imidazole rings is 1. The lowest BCUT2D eigenvalue weighted by Crippen LogP contribution is -1.96. The molecule has 0 aliphatic rings. The summed E-state index contributed by atoms with van der Waals surface area (Å²) in [6.45, 7) is 0. The predicted molar refractivity (Wildman–Crippen MR) is 98.4 cm³/mol. The third-order valence-electron chi connectivity index (χ3n) is 4.26. The molecule has 0 aliphatic carbocycles. The van der Waals surface area contributed by atoms with E-state index >= 15 is 0 Å². The zero-order valence-corrected chi connectivity index (χ0v) is 13.4. The maximum atomic E-state index is 6.25. The van der Waals surface area contributed by atoms with Crippen LogP contribution in [0.3, 0.4) is 0 Å². The van der Waals surface area contributed by atoms with E-state index < -0.39 is 0 Å². The molecule has 0 bridgehead atoms. The molecule has 3 nitrogen and oxygen atoms in total. The molecule has 0 aliphatic heterocycles. The highest BCUT2D eigenvalue weighted by Crippen LogP contribution is 2.34. The molecule has 0 radical (unpaired) electrons. The molecule has 114 valence electrons. The number of benzene rings is 3. The first-order chi connectivity index (χ1) is 11.8. The van der Waals surface area contributed by atoms with Crippen LogP contribution in [0, 0.1) is 0 Å². The zero-order chi connectivity index (χ0) is 16.1. The first kappa shape index (κ1) is 13.5. The van der Waals surface area contributed by atoms with Gasteiger partial charge >= 0.3 is 0 Å². The Morgan fingerprint density at radius 1 is 0.792 bits per heavy atom. The minimum atomic E-state index is 0.696. The van der Waals surface area contributed by atoms with Gasteiger partial charge in [-0.25, -0.2) is 9.50 Å². The fraction of sp³-hybridized carbons (Fsp3) is 0. The third-order valence-corrected chi connectivity index (χ3v) is 4.49. The van der Waals surface area contributed by atoms with Crippen LogP contribution in [0.1, 0.15) is 0 Å². The van der Waals surface area contributed by atoms with E-state index in [1.165, 1.54) is 0 Å². The summed E-state index contributed by atoms with van der Waals surface area (Å²) in [5, 5.41) is 6.50. The molecule has 2 heterocycles. The number of hydrogen-bond acceptors (Lipinski definition) is 2. The highest BCUT2D eigenvalue weighted by molar-refractivity contribution is 6.31. The fourth-order valence-corrected chi connectivity index (χ4v) is 3.36. The predicted octanol–water partition coefficient (Wildman–Crippen LogP) is 5.36. The van der Waals surface area contributed by atoms with Crippen LogP contribution in [0.5, 0.6) is 0 Å². The molecule has 0 unspecified atom stereocenters. The molecule has 5 rings (SSSR count). The summed E-state index contributed by atoms with van der Waals surface area (Å²) in [6.07, 6.45) is 0. The van der Waals surface area contributed by atoms with Crippen LogP contribution >= 0.6 is 11.6 Å². The number of aromatic nitrogens is 3. The fourth-order valence-electron chi connectivity index (χ4n) is 3.19. The monoisotopic (exact) mass is 329 g/mol. The summed E-state index contributed by atoms with van der Waals surface area (Å²) in [6, 6.07) is 24.1. The van der Waals surface area contributed by atoms with Crippen molar-refractivity contribution in [2.24, 2.45) is 0 Å². The Kier molecular flexibility index (Phi) is 2.84. The average Bonchev–Trinajstić information content (AvgIpc) is 2.98. The van der Waals surface area contributed by atoms with Crippen LogP contribution in [-0.4, -0.2) is 14.6 Å². The second-order valence-corrected chi connectivity index (χ2v) is 6.17. The number of hydrogen-bond donors (Lipinski definition) is 0. The van der Waals surface area contributed by atoms with Crippen LogP contribution in [0.15, 0.2) is 72.8 Å². The molecule has 0 amide bonds. The van der Waals surface area contributed by atoms with E-state index in [2.05, 4.69) is 12.1 Å². The smallest absolute Gasteiger partial charge is 0.163 e. The standard InChI is InChI=1S/C20H12ClN3/c21-14-10-11-16-15(12-14)19(13-6-2-1-3-7-13)20-22-17-8-4-5-9-18(17)24(20)23-16/h1-12H. The number of rotatable bonds is 1. The van der Waals surface area contributed by atoms with Crippen LogP contribution in [0.2, 0.25) is 5.02 Å². The summed E-state index contributed by atoms with van der Waals surface area (Å²) < 4.78 is 1.92. The molecule has 0 spiro atoms. The lowest BCUT2D eigenvalue weighted by Gasteiger charge is -2.09. The Morgan fingerprint density at radius 2 is 1.58 bits per heavy atom. The first-order valence-electron chi connectivity index (χ1n) is 7.73. The minimum absolute atomic E-state index is 0.696. The third kappa shape index (κ3) is 1.92. The average molecular weight is 330 g/mol. The molecular formula is C20H12ClN3. The van der Waals surface area contributed by atoms with Crippen LogP contribution in [0.25, 0.3) is 38.7 Å². The van der Waals surface area contributed by atoms with Gasteiger partial charge in [0, 0.05) is 16.0 Å². The molecule has 24 heavy (non-hydrogen) atoms. The lowest BCUT2D eigenvalue weighted by atomic mass is 10.0. The van der Waals surface area contributed by atoms with E-state index in [0.29, 0.717) is 5.02 Å². The van der Waals surface area contributed by atoms with Gasteiger partial charge in [-0.2, -0.15) is 5.10 Å². The molecule has 2 aromatic heterocycles. The van der Waals surface area contributed by atoms with Gasteiger partial charge in [0.15, 0.2) is 5.65 Å². The number of nitrogens with zero attached hydrogens (tertiary/aromatic N) is 3. The van der Waals surface area contributed by atoms with Crippen LogP contribution in [-0.2, 0) is 0 Å². The van der Waals surface area contributed by atoms with Crippen molar-refractivity contribution < 1.29 is 0 Å². The summed E-state index contributed by atoms with van der Waals surface area (Å²) in [5.74, 6) is 0. The van der Waals surface area contributed by atoms with Gasteiger partial charge in [-0.15, -0.1) is 0 Å². The van der Waals surface area contributed by atoms with Crippen LogP contribution < -0.4 is 0 Å². The van der Waals surface area contributed by atoms with Crippen LogP contribution in [0.4, 0.5) is 0 Å². The summed E-state index contributed by atoms with van der Waals surface area (Å²) >= 11 is 6.25. The quantitative estimate of drug-likeness (QED) is 0.414. The Balaban J connectivity index is 2.06. The van der Waals surface area contributed by atoms with E-state index in [4.69, 9.17) is 21.7 Å². The molecule has 0 atom stereocenters. The van der Waals surface area contributed by atoms with Gasteiger partial charge in [0.05, 0.1) is 16.6 Å². The maximum absolute atomic E-state index is 6.25.